The van der Waals surface area contributed by atoms with Crippen LogP contribution in [0.5, 0.6) is 0 Å². The van der Waals surface area contributed by atoms with E-state index in [0.29, 0.717) is 5.92 Å². The summed E-state index contributed by atoms with van der Waals surface area (Å²) in [7, 11) is 0. The fourth-order valence-corrected chi connectivity index (χ4v) is 1.97. The first-order chi connectivity index (χ1) is 9.06. The lowest BCUT2D eigenvalue weighted by atomic mass is 10.2. The quantitative estimate of drug-likeness (QED) is 0.780. The molecule has 0 fully saturated rings. The van der Waals surface area contributed by atoms with Gasteiger partial charge in [0, 0.05) is 31.4 Å². The van der Waals surface area contributed by atoms with E-state index in [0.717, 1.165) is 49.9 Å². The Hall–Kier alpha value is -1.32. The van der Waals surface area contributed by atoms with Crippen molar-refractivity contribution in [3.05, 3.63) is 11.8 Å². The second-order valence-electron chi connectivity index (χ2n) is 5.45. The van der Waals surface area contributed by atoms with E-state index in [-0.39, 0.29) is 0 Å². The van der Waals surface area contributed by atoms with Crippen molar-refractivity contribution >= 4 is 11.8 Å². The van der Waals surface area contributed by atoms with Crippen LogP contribution in [0, 0.1) is 12.8 Å². The van der Waals surface area contributed by atoms with Crippen LogP contribution in [0.2, 0.25) is 0 Å². The molecular formula is C15H28N4. The van der Waals surface area contributed by atoms with Gasteiger partial charge >= 0.3 is 0 Å². The van der Waals surface area contributed by atoms with Gasteiger partial charge in [0.15, 0.2) is 0 Å². The van der Waals surface area contributed by atoms with Crippen molar-refractivity contribution in [3.63, 3.8) is 0 Å². The lowest BCUT2D eigenvalue weighted by Crippen LogP contribution is -2.26. The molecule has 0 atom stereocenters. The maximum absolute atomic E-state index is 4.65. The molecule has 1 N–H and O–H groups in total. The van der Waals surface area contributed by atoms with E-state index in [1.54, 1.807) is 0 Å². The molecule has 0 amide bonds. The molecule has 4 heteroatoms. The zero-order valence-corrected chi connectivity index (χ0v) is 13.0. The van der Waals surface area contributed by atoms with Crippen LogP contribution in [0.15, 0.2) is 6.07 Å². The molecule has 0 spiro atoms. The number of hydrogen-bond acceptors (Lipinski definition) is 4. The molecule has 0 radical (unpaired) electrons. The predicted octanol–water partition coefficient (Wildman–Crippen LogP) is 3.48. The van der Waals surface area contributed by atoms with Crippen molar-refractivity contribution in [2.45, 2.75) is 47.5 Å². The van der Waals surface area contributed by atoms with Crippen LogP contribution in [0.4, 0.5) is 11.8 Å². The van der Waals surface area contributed by atoms with Gasteiger partial charge in [0.1, 0.15) is 5.82 Å². The summed E-state index contributed by atoms with van der Waals surface area (Å²) in [4.78, 5) is 11.4. The van der Waals surface area contributed by atoms with Crippen molar-refractivity contribution in [1.82, 2.24) is 9.97 Å². The van der Waals surface area contributed by atoms with E-state index in [1.807, 2.05) is 6.92 Å². The fraction of sp³-hybridized carbons (Fsp3) is 0.733. The van der Waals surface area contributed by atoms with Gasteiger partial charge in [-0.15, -0.1) is 0 Å². The van der Waals surface area contributed by atoms with Crippen LogP contribution in [0.3, 0.4) is 0 Å². The summed E-state index contributed by atoms with van der Waals surface area (Å²) in [5, 5.41) is 3.32. The summed E-state index contributed by atoms with van der Waals surface area (Å²) in [5.74, 6) is 2.39. The van der Waals surface area contributed by atoms with E-state index in [4.69, 9.17) is 0 Å². The molecule has 0 bridgehead atoms. The fourth-order valence-electron chi connectivity index (χ4n) is 1.97. The number of hydrogen-bond donors (Lipinski definition) is 1. The number of nitrogens with zero attached hydrogens (tertiary/aromatic N) is 3. The highest BCUT2D eigenvalue weighted by molar-refractivity contribution is 5.44. The molecule has 1 heterocycles. The van der Waals surface area contributed by atoms with Gasteiger partial charge in [0.05, 0.1) is 0 Å². The summed E-state index contributed by atoms with van der Waals surface area (Å²) in [5.41, 5.74) is 1.02. The topological polar surface area (TPSA) is 41.1 Å². The maximum Gasteiger partial charge on any atom is 0.224 e. The Balaban J connectivity index is 2.86. The number of nitrogens with one attached hydrogen (secondary N) is 1. The molecule has 1 aromatic rings. The molecule has 1 aromatic heterocycles. The van der Waals surface area contributed by atoms with Crippen molar-refractivity contribution in [2.24, 2.45) is 5.92 Å². The second-order valence-corrected chi connectivity index (χ2v) is 5.45. The highest BCUT2D eigenvalue weighted by atomic mass is 15.2. The molecule has 0 saturated carbocycles. The maximum atomic E-state index is 4.65. The Morgan fingerprint density at radius 1 is 1.16 bits per heavy atom. The van der Waals surface area contributed by atoms with Crippen LogP contribution in [0.25, 0.3) is 0 Å². The van der Waals surface area contributed by atoms with Crippen LogP contribution >= 0.6 is 0 Å². The van der Waals surface area contributed by atoms with Crippen LogP contribution < -0.4 is 10.2 Å². The van der Waals surface area contributed by atoms with E-state index < -0.39 is 0 Å². The van der Waals surface area contributed by atoms with E-state index in [9.17, 15) is 0 Å². The molecule has 0 saturated heterocycles. The Labute approximate surface area is 117 Å². The molecule has 0 unspecified atom stereocenters. The zero-order valence-electron chi connectivity index (χ0n) is 13.0. The molecule has 0 aliphatic heterocycles. The highest BCUT2D eigenvalue weighted by Crippen LogP contribution is 2.16. The minimum atomic E-state index is 0.593. The van der Waals surface area contributed by atoms with Gasteiger partial charge in [-0.2, -0.15) is 4.98 Å². The van der Waals surface area contributed by atoms with Gasteiger partial charge in [-0.3, -0.25) is 0 Å². The Bertz CT molecular complexity index is 370. The Morgan fingerprint density at radius 3 is 2.32 bits per heavy atom. The number of aryl methyl sites for hydroxylation is 1. The summed E-state index contributed by atoms with van der Waals surface area (Å²) >= 11 is 0. The molecule has 108 valence electrons. The first kappa shape index (κ1) is 15.7. The lowest BCUT2D eigenvalue weighted by Gasteiger charge is -2.23. The number of rotatable bonds is 8. The smallest absolute Gasteiger partial charge is 0.224 e. The third kappa shape index (κ3) is 5.45. The molecule has 0 aliphatic rings. The first-order valence-electron chi connectivity index (χ1n) is 7.41. The molecule has 0 aromatic carbocycles. The van der Waals surface area contributed by atoms with Crippen molar-refractivity contribution in [3.8, 4) is 0 Å². The first-order valence-corrected chi connectivity index (χ1v) is 7.41. The summed E-state index contributed by atoms with van der Waals surface area (Å²) in [6.45, 7) is 13.8. The normalized spacial score (nSPS) is 10.8. The van der Waals surface area contributed by atoms with E-state index >= 15 is 0 Å². The minimum Gasteiger partial charge on any atom is -0.356 e. The average Bonchev–Trinajstić information content (AvgIpc) is 2.35. The lowest BCUT2D eigenvalue weighted by molar-refractivity contribution is 0.682. The Kier molecular flexibility index (Phi) is 6.60. The van der Waals surface area contributed by atoms with Gasteiger partial charge in [-0.1, -0.05) is 27.7 Å². The third-order valence-electron chi connectivity index (χ3n) is 2.82. The third-order valence-corrected chi connectivity index (χ3v) is 2.82. The highest BCUT2D eigenvalue weighted by Gasteiger charge is 2.09. The van der Waals surface area contributed by atoms with Crippen LogP contribution in [-0.4, -0.2) is 29.6 Å². The van der Waals surface area contributed by atoms with Crippen molar-refractivity contribution in [2.75, 3.05) is 29.9 Å². The van der Waals surface area contributed by atoms with Gasteiger partial charge in [0.25, 0.3) is 0 Å². The summed E-state index contributed by atoms with van der Waals surface area (Å²) < 4.78 is 0. The standard InChI is InChI=1S/C15H28N4/c1-6-8-19(9-7-2)14-10-13(5)17-15(18-14)16-11-12(3)4/h10,12H,6-9,11H2,1-5H3,(H,16,17,18). The zero-order chi connectivity index (χ0) is 14.3. The summed E-state index contributed by atoms with van der Waals surface area (Å²) in [6, 6.07) is 2.08. The van der Waals surface area contributed by atoms with Crippen molar-refractivity contribution in [1.29, 1.82) is 0 Å². The molecule has 1 rings (SSSR count). The average molecular weight is 264 g/mol. The van der Waals surface area contributed by atoms with Crippen LogP contribution in [0.1, 0.15) is 46.2 Å². The number of aromatic nitrogens is 2. The SMILES string of the molecule is CCCN(CCC)c1cc(C)nc(NCC(C)C)n1. The monoisotopic (exact) mass is 264 g/mol. The van der Waals surface area contributed by atoms with Crippen molar-refractivity contribution < 1.29 is 0 Å². The molecule has 4 nitrogen and oxygen atoms in total. The summed E-state index contributed by atoms with van der Waals surface area (Å²) in [6.07, 6.45) is 2.27. The largest absolute Gasteiger partial charge is 0.356 e. The van der Waals surface area contributed by atoms with Gasteiger partial charge in [-0.25, -0.2) is 4.98 Å². The van der Waals surface area contributed by atoms with Crippen LogP contribution in [-0.2, 0) is 0 Å². The van der Waals surface area contributed by atoms with Gasteiger partial charge in [0.2, 0.25) is 5.95 Å². The van der Waals surface area contributed by atoms with Gasteiger partial charge in [-0.05, 0) is 25.7 Å². The van der Waals surface area contributed by atoms with E-state index in [1.165, 1.54) is 0 Å². The van der Waals surface area contributed by atoms with E-state index in [2.05, 4.69) is 53.9 Å². The molecule has 19 heavy (non-hydrogen) atoms. The predicted molar refractivity (Wildman–Crippen MR) is 82.9 cm³/mol. The minimum absolute atomic E-state index is 0.593. The van der Waals surface area contributed by atoms with Gasteiger partial charge < -0.3 is 10.2 Å². The Morgan fingerprint density at radius 2 is 1.79 bits per heavy atom. The molecular weight excluding hydrogens is 236 g/mol. The molecule has 0 aliphatic carbocycles. The second kappa shape index (κ2) is 7.97. The number of anilines is 2.